The SMILES string of the molecule is CC(C)(O)/C=C/C[C@](C)(O[C@@H]1O[C@H](CO)[C@@H](O)[C@H](O)[C@H]1O)[C@H]1CC[C@]2(C)[C@@H]1[C@H](O)C[C@@H]1[C@@]3(C)CC[C@H](O[C@@H]4O[C@H](CO)[C@@H](O)[C@H](O)[C@H]4O[C@@H]4O[C@H](CO)[C@@H](O)[C@H](O)[C@H]4O)C(C)(C)[C@H]3CC[C@]12C. The summed E-state index contributed by atoms with van der Waals surface area (Å²) in [5, 5.41) is 139. The van der Waals surface area contributed by atoms with E-state index < -0.39 is 146 Å². The van der Waals surface area contributed by atoms with Crippen LogP contribution in [-0.4, -0.2) is 202 Å². The molecular weight excluding hydrogens is 881 g/mol. The average molecular weight is 963 g/mol. The van der Waals surface area contributed by atoms with E-state index in [2.05, 4.69) is 34.6 Å². The summed E-state index contributed by atoms with van der Waals surface area (Å²) in [6.07, 6.45) is -15.8. The molecule has 13 N–H and O–H groups in total. The van der Waals surface area contributed by atoms with Crippen LogP contribution < -0.4 is 0 Å². The zero-order valence-electron chi connectivity index (χ0n) is 40.3. The summed E-state index contributed by atoms with van der Waals surface area (Å²) in [6.45, 7) is 14.5. The van der Waals surface area contributed by atoms with Gasteiger partial charge in [0.2, 0.25) is 0 Å². The predicted molar refractivity (Wildman–Crippen MR) is 235 cm³/mol. The fraction of sp³-hybridized carbons (Fsp3) is 0.958. The summed E-state index contributed by atoms with van der Waals surface area (Å²) < 4.78 is 37.1. The van der Waals surface area contributed by atoms with Crippen LogP contribution in [0.25, 0.3) is 0 Å². The van der Waals surface area contributed by atoms with Crippen LogP contribution in [0.4, 0.5) is 0 Å². The van der Waals surface area contributed by atoms with E-state index in [-0.39, 0.29) is 40.9 Å². The third-order valence-electron chi connectivity index (χ3n) is 18.7. The maximum absolute atomic E-state index is 12.7. The Balaban J connectivity index is 1.14. The standard InChI is InChI=1S/C48H82O19/c1-43(2,61)13-9-14-48(8,67-41-38(60)35(57)32(54)25(20-50)63-41)22-10-16-47(7)30(22)23(52)18-28-45(5)15-12-29(44(3,4)27(45)11-17-46(28,47)6)65-42-39(36(58)33(55)26(21-51)64-42)66-40-37(59)34(56)31(53)24(19-49)62-40/h9,13,22-42,49-61H,10-12,14-21H2,1-8H3/b13-9+/t22-,23+,24+,25+,26+,27+,28+,29-,30-,31+,32+,33+,34-,35-,36-,37+,38+,39+,40-,41-,42-,45-,46+,47+,48-/m0/s1. The Bertz CT molecular complexity index is 1710. The molecule has 7 rings (SSSR count). The molecule has 0 spiro atoms. The van der Waals surface area contributed by atoms with E-state index in [1.165, 1.54) is 0 Å². The maximum Gasteiger partial charge on any atom is 0.187 e. The molecule has 3 heterocycles. The third-order valence-corrected chi connectivity index (χ3v) is 18.7. The van der Waals surface area contributed by atoms with Gasteiger partial charge < -0.3 is 94.8 Å². The molecule has 0 aromatic heterocycles. The first-order valence-corrected chi connectivity index (χ1v) is 24.4. The number of aliphatic hydroxyl groups excluding tert-OH is 12. The second-order valence-corrected chi connectivity index (χ2v) is 23.3. The maximum atomic E-state index is 12.7. The number of aliphatic hydroxyl groups is 13. The van der Waals surface area contributed by atoms with E-state index >= 15 is 0 Å². The highest BCUT2D eigenvalue weighted by Crippen LogP contribution is 2.76. The van der Waals surface area contributed by atoms with Gasteiger partial charge in [-0.25, -0.2) is 0 Å². The Morgan fingerprint density at radius 2 is 1.10 bits per heavy atom. The van der Waals surface area contributed by atoms with E-state index in [0.717, 1.165) is 19.3 Å². The van der Waals surface area contributed by atoms with Gasteiger partial charge >= 0.3 is 0 Å². The van der Waals surface area contributed by atoms with E-state index in [1.807, 2.05) is 13.0 Å². The van der Waals surface area contributed by atoms with Gasteiger partial charge in [-0.05, 0) is 117 Å². The van der Waals surface area contributed by atoms with E-state index in [1.54, 1.807) is 19.9 Å². The molecule has 0 aromatic rings. The fourth-order valence-corrected chi connectivity index (χ4v) is 14.8. The molecule has 0 aromatic carbocycles. The van der Waals surface area contributed by atoms with Crippen molar-refractivity contribution in [2.24, 2.45) is 45.3 Å². The van der Waals surface area contributed by atoms with Crippen LogP contribution in [0.15, 0.2) is 12.2 Å². The molecule has 0 bridgehead atoms. The minimum absolute atomic E-state index is 0.0608. The fourth-order valence-electron chi connectivity index (χ4n) is 14.8. The van der Waals surface area contributed by atoms with Crippen LogP contribution in [0.1, 0.15) is 107 Å². The van der Waals surface area contributed by atoms with Crippen molar-refractivity contribution in [3.05, 3.63) is 12.2 Å². The van der Waals surface area contributed by atoms with Crippen molar-refractivity contribution in [3.8, 4) is 0 Å². The van der Waals surface area contributed by atoms with Gasteiger partial charge in [0.1, 0.15) is 73.2 Å². The summed E-state index contributed by atoms with van der Waals surface area (Å²) in [4.78, 5) is 0. The van der Waals surface area contributed by atoms with Crippen LogP contribution in [0.3, 0.4) is 0 Å². The van der Waals surface area contributed by atoms with Gasteiger partial charge in [0.25, 0.3) is 0 Å². The Morgan fingerprint density at radius 3 is 1.67 bits per heavy atom. The summed E-state index contributed by atoms with van der Waals surface area (Å²) in [6, 6.07) is 0. The van der Waals surface area contributed by atoms with Crippen molar-refractivity contribution in [2.45, 2.75) is 222 Å². The van der Waals surface area contributed by atoms with Gasteiger partial charge in [0.15, 0.2) is 18.9 Å². The second-order valence-electron chi connectivity index (χ2n) is 23.3. The van der Waals surface area contributed by atoms with Crippen LogP contribution in [0, 0.1) is 45.3 Å². The molecule has 19 heteroatoms. The normalized spacial score (nSPS) is 52.3. The van der Waals surface area contributed by atoms with Gasteiger partial charge in [0.05, 0.1) is 43.2 Å². The topological polar surface area (TPSA) is 318 Å². The quantitative estimate of drug-likeness (QED) is 0.0773. The molecule has 7 fully saturated rings. The lowest BCUT2D eigenvalue weighted by atomic mass is 9.35. The van der Waals surface area contributed by atoms with Crippen molar-refractivity contribution in [3.63, 3.8) is 0 Å². The van der Waals surface area contributed by atoms with Gasteiger partial charge in [-0.1, -0.05) is 46.8 Å². The summed E-state index contributed by atoms with van der Waals surface area (Å²) in [5.41, 5.74) is -3.75. The Morgan fingerprint density at radius 1 is 0.582 bits per heavy atom. The molecule has 0 radical (unpaired) electrons. The first-order valence-electron chi connectivity index (χ1n) is 24.4. The highest BCUT2D eigenvalue weighted by Gasteiger charge is 2.72. The molecule has 19 nitrogen and oxygen atoms in total. The lowest BCUT2D eigenvalue weighted by Gasteiger charge is -2.71. The summed E-state index contributed by atoms with van der Waals surface area (Å²) in [5.74, 6) is -0.422. The van der Waals surface area contributed by atoms with Crippen LogP contribution >= 0.6 is 0 Å². The molecule has 67 heavy (non-hydrogen) atoms. The minimum atomic E-state index is -1.80. The third kappa shape index (κ3) is 9.24. The molecule has 4 aliphatic carbocycles. The molecule has 7 aliphatic rings. The van der Waals surface area contributed by atoms with Gasteiger partial charge in [-0.15, -0.1) is 0 Å². The number of hydrogen-bond acceptors (Lipinski definition) is 19. The number of hydrogen-bond donors (Lipinski definition) is 13. The van der Waals surface area contributed by atoms with E-state index in [0.29, 0.717) is 25.7 Å². The van der Waals surface area contributed by atoms with Crippen molar-refractivity contribution in [2.75, 3.05) is 19.8 Å². The van der Waals surface area contributed by atoms with Crippen LogP contribution in [0.2, 0.25) is 0 Å². The van der Waals surface area contributed by atoms with Crippen molar-refractivity contribution < 1.29 is 94.8 Å². The Hall–Kier alpha value is -1.02. The first kappa shape index (κ1) is 53.8. The van der Waals surface area contributed by atoms with Gasteiger partial charge in [-0.3, -0.25) is 0 Å². The molecule has 4 saturated carbocycles. The molecule has 3 aliphatic heterocycles. The smallest absolute Gasteiger partial charge is 0.187 e. The summed E-state index contributed by atoms with van der Waals surface area (Å²) in [7, 11) is 0. The van der Waals surface area contributed by atoms with Gasteiger partial charge in [-0.2, -0.15) is 0 Å². The van der Waals surface area contributed by atoms with E-state index in [9.17, 15) is 66.4 Å². The van der Waals surface area contributed by atoms with Crippen molar-refractivity contribution >= 4 is 0 Å². The molecule has 388 valence electrons. The van der Waals surface area contributed by atoms with E-state index in [4.69, 9.17) is 28.4 Å². The lowest BCUT2D eigenvalue weighted by molar-refractivity contribution is -0.378. The predicted octanol–water partition coefficient (Wildman–Crippen LogP) is -1.06. The number of rotatable bonds is 13. The van der Waals surface area contributed by atoms with Crippen LogP contribution in [0.5, 0.6) is 0 Å². The van der Waals surface area contributed by atoms with Crippen molar-refractivity contribution in [1.82, 2.24) is 0 Å². The first-order chi connectivity index (χ1) is 31.1. The molecule has 0 unspecified atom stereocenters. The molecular formula is C48H82O19. The average Bonchev–Trinajstić information content (AvgIpc) is 3.65. The molecule has 25 atom stereocenters. The largest absolute Gasteiger partial charge is 0.394 e. The monoisotopic (exact) mass is 963 g/mol. The Kier molecular flexibility index (Phi) is 15.6. The number of ether oxygens (including phenoxy) is 6. The Labute approximate surface area is 393 Å². The second kappa shape index (κ2) is 19.4. The molecule has 3 saturated heterocycles. The highest BCUT2D eigenvalue weighted by atomic mass is 16.8. The van der Waals surface area contributed by atoms with Crippen LogP contribution in [-0.2, 0) is 28.4 Å². The zero-order valence-corrected chi connectivity index (χ0v) is 40.3. The zero-order chi connectivity index (χ0) is 49.6. The summed E-state index contributed by atoms with van der Waals surface area (Å²) >= 11 is 0. The lowest BCUT2D eigenvalue weighted by Crippen LogP contribution is -2.68. The van der Waals surface area contributed by atoms with Crippen molar-refractivity contribution in [1.29, 1.82) is 0 Å². The molecule has 0 amide bonds. The minimum Gasteiger partial charge on any atom is -0.394 e. The van der Waals surface area contributed by atoms with Gasteiger partial charge in [0, 0.05) is 0 Å². The number of fused-ring (bicyclic) bond motifs is 5. The highest BCUT2D eigenvalue weighted by molar-refractivity contribution is 5.21.